The van der Waals surface area contributed by atoms with Gasteiger partial charge in [0, 0.05) is 35.5 Å². The van der Waals surface area contributed by atoms with Gasteiger partial charge < -0.3 is 10.0 Å². The lowest BCUT2D eigenvalue weighted by Gasteiger charge is -2.58. The molecule has 1 N–H and O–H groups in total. The van der Waals surface area contributed by atoms with Crippen LogP contribution in [-0.4, -0.2) is 29.1 Å². The Hall–Kier alpha value is -2.05. The number of aliphatic hydroxyl groups is 1. The summed E-state index contributed by atoms with van der Waals surface area (Å²) in [5.41, 5.74) is 2.78. The number of rotatable bonds is 2. The van der Waals surface area contributed by atoms with E-state index in [-0.39, 0.29) is 16.4 Å². The van der Waals surface area contributed by atoms with E-state index in [1.54, 1.807) is 0 Å². The van der Waals surface area contributed by atoms with Crippen molar-refractivity contribution in [2.24, 2.45) is 34.5 Å². The van der Waals surface area contributed by atoms with Crippen LogP contribution in [0.25, 0.3) is 0 Å². The molecule has 4 aliphatic carbocycles. The highest BCUT2D eigenvalue weighted by Gasteiger charge is 2.64. The Kier molecular flexibility index (Phi) is 6.71. The second-order valence-corrected chi connectivity index (χ2v) is 15.2. The molecule has 38 heavy (non-hydrogen) atoms. The monoisotopic (exact) mass is 515 g/mol. The van der Waals surface area contributed by atoms with E-state index >= 15 is 0 Å². The molecule has 3 nitrogen and oxygen atoms in total. The van der Waals surface area contributed by atoms with Crippen LogP contribution in [0.5, 0.6) is 0 Å². The molecule has 3 saturated carbocycles. The fraction of sp³-hybridized carbons (Fsp3) is 0.686. The minimum Gasteiger partial charge on any atom is -0.377 e. The van der Waals surface area contributed by atoms with E-state index in [0.717, 1.165) is 38.5 Å². The third-order valence-corrected chi connectivity index (χ3v) is 10.8. The van der Waals surface area contributed by atoms with Crippen molar-refractivity contribution < 1.29 is 9.90 Å². The first-order valence-corrected chi connectivity index (χ1v) is 15.0. The lowest BCUT2D eigenvalue weighted by molar-refractivity contribution is -0.117. The predicted octanol–water partition coefficient (Wildman–Crippen LogP) is 7.54. The molecule has 1 unspecified atom stereocenters. The molecule has 0 saturated heterocycles. The highest BCUT2D eigenvalue weighted by Crippen LogP contribution is 2.68. The van der Waals surface area contributed by atoms with Gasteiger partial charge in [-0.15, -0.1) is 0 Å². The van der Waals surface area contributed by atoms with Crippen molar-refractivity contribution >= 4 is 11.5 Å². The minimum absolute atomic E-state index is 0.0575. The van der Waals surface area contributed by atoms with Crippen molar-refractivity contribution in [3.05, 3.63) is 41.5 Å². The van der Waals surface area contributed by atoms with Gasteiger partial charge in [-0.25, -0.2) is 0 Å². The molecule has 5 rings (SSSR count). The highest BCUT2D eigenvalue weighted by molar-refractivity contribution is 5.91. The number of nitrogens with zero attached hydrogens (tertiary/aromatic N) is 1. The smallest absolute Gasteiger partial charge is 0.155 e. The molecular weight excluding hydrogens is 466 g/mol. The largest absolute Gasteiger partial charge is 0.377 e. The Morgan fingerprint density at radius 1 is 0.974 bits per heavy atom. The number of carbonyl (C=O) groups is 1. The van der Waals surface area contributed by atoms with Gasteiger partial charge in [0.15, 0.2) is 5.78 Å². The van der Waals surface area contributed by atoms with Gasteiger partial charge in [0.2, 0.25) is 0 Å². The SMILES string of the molecule is CN(c1ccc([C@H]2CC3(C)[C@@H](CC[C@@]3(O)C#CC(C)(C)C)[C@@H]3CCC4=CC(=O)CC[C@@H]4[C@H]32)cc1)C(C)(C)C. The number of hydrogen-bond acceptors (Lipinski definition) is 3. The standard InChI is InChI=1S/C35H49NO2/c1-32(2,3)19-20-35(38)18-17-30-28-15-11-24-21-26(37)14-16-27(24)31(28)29(22-34(30,35)7)23-9-12-25(13-10-23)36(8)33(4,5)6/h9-10,12-13,21,27-31,38H,11,14-18,22H2,1-8H3/t27-,28-,29+,30-,31+,34?,35+/m0/s1. The van der Waals surface area contributed by atoms with E-state index < -0.39 is 5.60 Å². The third-order valence-electron chi connectivity index (χ3n) is 10.8. The Balaban J connectivity index is 1.57. The fourth-order valence-corrected chi connectivity index (χ4v) is 8.48. The second kappa shape index (κ2) is 9.26. The van der Waals surface area contributed by atoms with Crippen LogP contribution in [-0.2, 0) is 4.79 Å². The summed E-state index contributed by atoms with van der Waals surface area (Å²) in [4.78, 5) is 14.7. The number of ketones is 1. The summed E-state index contributed by atoms with van der Waals surface area (Å²) in [6.07, 6.45) is 8.63. The van der Waals surface area contributed by atoms with Crippen LogP contribution < -0.4 is 4.90 Å². The van der Waals surface area contributed by atoms with Crippen LogP contribution in [0.4, 0.5) is 5.69 Å². The molecule has 0 radical (unpaired) electrons. The zero-order valence-electron chi connectivity index (χ0n) is 25.0. The Morgan fingerprint density at radius 3 is 2.29 bits per heavy atom. The third kappa shape index (κ3) is 4.66. The molecule has 1 aromatic rings. The molecule has 7 atom stereocenters. The average Bonchev–Trinajstić information content (AvgIpc) is 3.11. The van der Waals surface area contributed by atoms with E-state index in [1.807, 2.05) is 6.08 Å². The summed E-state index contributed by atoms with van der Waals surface area (Å²) in [6, 6.07) is 9.27. The number of fused-ring (bicyclic) bond motifs is 5. The van der Waals surface area contributed by atoms with Crippen molar-refractivity contribution in [3.8, 4) is 11.8 Å². The predicted molar refractivity (Wildman–Crippen MR) is 157 cm³/mol. The van der Waals surface area contributed by atoms with E-state index in [1.165, 1.54) is 16.8 Å². The van der Waals surface area contributed by atoms with Crippen molar-refractivity contribution in [1.29, 1.82) is 0 Å². The maximum absolute atomic E-state index is 12.4. The van der Waals surface area contributed by atoms with Gasteiger partial charge in [-0.05, 0) is 133 Å². The lowest BCUT2D eigenvalue weighted by Crippen LogP contribution is -2.54. The molecule has 0 aromatic heterocycles. The molecule has 3 fully saturated rings. The van der Waals surface area contributed by atoms with Crippen LogP contribution in [0.1, 0.15) is 105 Å². The van der Waals surface area contributed by atoms with E-state index in [4.69, 9.17) is 0 Å². The van der Waals surface area contributed by atoms with Gasteiger partial charge in [-0.1, -0.05) is 36.5 Å². The molecule has 0 heterocycles. The number of benzene rings is 1. The number of allylic oxidation sites excluding steroid dienone is 1. The quantitative estimate of drug-likeness (QED) is 0.414. The highest BCUT2D eigenvalue weighted by atomic mass is 16.3. The molecule has 206 valence electrons. The van der Waals surface area contributed by atoms with Crippen molar-refractivity contribution in [2.75, 3.05) is 11.9 Å². The van der Waals surface area contributed by atoms with E-state index in [0.29, 0.717) is 41.8 Å². The Morgan fingerprint density at radius 2 is 1.66 bits per heavy atom. The van der Waals surface area contributed by atoms with Gasteiger partial charge in [0.05, 0.1) is 0 Å². The summed E-state index contributed by atoms with van der Waals surface area (Å²) in [6.45, 7) is 15.5. The summed E-state index contributed by atoms with van der Waals surface area (Å²) in [7, 11) is 2.17. The zero-order valence-corrected chi connectivity index (χ0v) is 25.0. The Labute approximate surface area is 231 Å². The first kappa shape index (κ1) is 27.5. The zero-order chi connectivity index (χ0) is 27.7. The first-order chi connectivity index (χ1) is 17.6. The van der Waals surface area contributed by atoms with Gasteiger partial charge in [-0.3, -0.25) is 4.79 Å². The minimum atomic E-state index is -0.945. The summed E-state index contributed by atoms with van der Waals surface area (Å²) in [5, 5.41) is 12.2. The maximum Gasteiger partial charge on any atom is 0.155 e. The normalized spacial score (nSPS) is 36.8. The number of carbonyl (C=O) groups excluding carboxylic acids is 1. The van der Waals surface area contributed by atoms with E-state index in [9.17, 15) is 9.90 Å². The van der Waals surface area contributed by atoms with Crippen molar-refractivity contribution in [2.45, 2.75) is 110 Å². The first-order valence-electron chi connectivity index (χ1n) is 15.0. The van der Waals surface area contributed by atoms with Gasteiger partial charge in [-0.2, -0.15) is 0 Å². The molecule has 0 spiro atoms. The number of hydrogen-bond donors (Lipinski definition) is 1. The van der Waals surface area contributed by atoms with Gasteiger partial charge >= 0.3 is 0 Å². The summed E-state index contributed by atoms with van der Waals surface area (Å²) in [5.74, 6) is 9.62. The lowest BCUT2D eigenvalue weighted by atomic mass is 9.46. The summed E-state index contributed by atoms with van der Waals surface area (Å²) >= 11 is 0. The van der Waals surface area contributed by atoms with Crippen molar-refractivity contribution in [3.63, 3.8) is 0 Å². The van der Waals surface area contributed by atoms with Crippen LogP contribution >= 0.6 is 0 Å². The molecule has 1 aromatic carbocycles. The van der Waals surface area contributed by atoms with Crippen LogP contribution in [0.2, 0.25) is 0 Å². The number of anilines is 1. The average molecular weight is 516 g/mol. The van der Waals surface area contributed by atoms with Gasteiger partial charge in [0.25, 0.3) is 0 Å². The topological polar surface area (TPSA) is 40.5 Å². The molecule has 0 aliphatic heterocycles. The molecule has 0 bridgehead atoms. The molecule has 3 heteroatoms. The van der Waals surface area contributed by atoms with Crippen LogP contribution in [0, 0.1) is 46.3 Å². The summed E-state index contributed by atoms with van der Waals surface area (Å²) < 4.78 is 0. The van der Waals surface area contributed by atoms with Crippen LogP contribution in [0.15, 0.2) is 35.9 Å². The second-order valence-electron chi connectivity index (χ2n) is 15.2. The van der Waals surface area contributed by atoms with E-state index in [2.05, 4.69) is 96.5 Å². The fourth-order valence-electron chi connectivity index (χ4n) is 8.48. The molecule has 4 aliphatic rings. The Bertz CT molecular complexity index is 1170. The molecule has 0 amide bonds. The van der Waals surface area contributed by atoms with Crippen molar-refractivity contribution in [1.82, 2.24) is 0 Å². The molecular formula is C35H49NO2. The van der Waals surface area contributed by atoms with Crippen LogP contribution in [0.3, 0.4) is 0 Å². The van der Waals surface area contributed by atoms with Gasteiger partial charge in [0.1, 0.15) is 5.60 Å². The maximum atomic E-state index is 12.4.